The Morgan fingerprint density at radius 2 is 1.95 bits per heavy atom. The van der Waals surface area contributed by atoms with Gasteiger partial charge in [0.15, 0.2) is 16.6 Å². The number of aryl methyl sites for hydroxylation is 1. The van der Waals surface area contributed by atoms with E-state index in [9.17, 15) is 18.0 Å². The van der Waals surface area contributed by atoms with Crippen LogP contribution in [0.4, 0.5) is 0 Å². The largest absolute Gasteiger partial charge is 0.440 e. The van der Waals surface area contributed by atoms with E-state index in [1.165, 1.54) is 31.2 Å². The summed E-state index contributed by atoms with van der Waals surface area (Å²) in [4.78, 5) is 23.1. The number of esters is 1. The lowest BCUT2D eigenvalue weighted by molar-refractivity contribution is 0.0338. The van der Waals surface area contributed by atoms with Crippen LogP contribution in [0, 0.1) is 6.92 Å². The lowest BCUT2D eigenvalue weighted by Crippen LogP contribution is -2.20. The second kappa shape index (κ2) is 5.52. The molecule has 1 aromatic heterocycles. The number of rotatable bonds is 4. The molecule has 0 atom stereocenters. The van der Waals surface area contributed by atoms with Crippen molar-refractivity contribution in [1.29, 1.82) is 0 Å². The van der Waals surface area contributed by atoms with Crippen molar-refractivity contribution >= 4 is 15.8 Å². The quantitative estimate of drug-likeness (QED) is 0.750. The van der Waals surface area contributed by atoms with Crippen LogP contribution < -0.4 is 5.76 Å². The molecule has 0 saturated heterocycles. The molecule has 0 amide bonds. The molecule has 8 nitrogen and oxygen atoms in total. The second-order valence-corrected chi connectivity index (χ2v) is 6.26. The predicted octanol–water partition coefficient (Wildman–Crippen LogP) is 0.363. The highest BCUT2D eigenvalue weighted by atomic mass is 32.2. The topological polar surface area (TPSA) is 108 Å². The number of ether oxygens (including phenoxy) is 1. The first-order valence-corrected chi connectivity index (χ1v) is 7.68. The zero-order valence-electron chi connectivity index (χ0n) is 11.3. The van der Waals surface area contributed by atoms with Crippen LogP contribution >= 0.6 is 0 Å². The molecule has 112 valence electrons. The van der Waals surface area contributed by atoms with Crippen molar-refractivity contribution in [2.45, 2.75) is 18.6 Å². The Kier molecular flexibility index (Phi) is 3.94. The van der Waals surface area contributed by atoms with Crippen molar-refractivity contribution in [3.8, 4) is 0 Å². The van der Waals surface area contributed by atoms with Gasteiger partial charge in [0.1, 0.15) is 0 Å². The third-order valence-electron chi connectivity index (χ3n) is 2.54. The molecule has 0 unspecified atom stereocenters. The Morgan fingerprint density at radius 3 is 2.43 bits per heavy atom. The summed E-state index contributed by atoms with van der Waals surface area (Å²) in [5.41, 5.74) is 0.163. The fourth-order valence-corrected chi connectivity index (χ4v) is 2.16. The third kappa shape index (κ3) is 3.57. The molecule has 2 rings (SSSR count). The van der Waals surface area contributed by atoms with Gasteiger partial charge in [0.2, 0.25) is 5.89 Å². The Balaban J connectivity index is 2.07. The molecule has 21 heavy (non-hydrogen) atoms. The second-order valence-electron chi connectivity index (χ2n) is 4.24. The van der Waals surface area contributed by atoms with Crippen molar-refractivity contribution < 1.29 is 22.4 Å². The first kappa shape index (κ1) is 15.0. The summed E-state index contributed by atoms with van der Waals surface area (Å²) in [6, 6.07) is 5.27. The highest BCUT2D eigenvalue weighted by Crippen LogP contribution is 2.11. The van der Waals surface area contributed by atoms with Crippen molar-refractivity contribution in [1.82, 2.24) is 9.78 Å². The van der Waals surface area contributed by atoms with Crippen LogP contribution in [0.2, 0.25) is 0 Å². The number of nitrogens with zero attached hydrogens (tertiary/aromatic N) is 2. The van der Waals surface area contributed by atoms with Crippen molar-refractivity contribution in [2.24, 2.45) is 0 Å². The number of hydrogen-bond donors (Lipinski definition) is 0. The summed E-state index contributed by atoms with van der Waals surface area (Å²) in [6.45, 7) is 1.10. The highest BCUT2D eigenvalue weighted by molar-refractivity contribution is 7.90. The molecule has 0 aliphatic carbocycles. The summed E-state index contributed by atoms with van der Waals surface area (Å²) in [5, 5.41) is 3.70. The van der Waals surface area contributed by atoms with Gasteiger partial charge in [-0.05, 0) is 24.3 Å². The lowest BCUT2D eigenvalue weighted by Gasteiger charge is -2.04. The van der Waals surface area contributed by atoms with Crippen LogP contribution in [0.5, 0.6) is 0 Å². The van der Waals surface area contributed by atoms with Gasteiger partial charge >= 0.3 is 11.7 Å². The maximum atomic E-state index is 11.8. The van der Waals surface area contributed by atoms with Crippen molar-refractivity contribution in [3.63, 3.8) is 0 Å². The van der Waals surface area contributed by atoms with Gasteiger partial charge in [0.05, 0.1) is 10.5 Å². The number of aromatic nitrogens is 2. The third-order valence-corrected chi connectivity index (χ3v) is 3.67. The molecule has 9 heteroatoms. The van der Waals surface area contributed by atoms with Crippen LogP contribution in [0.1, 0.15) is 16.2 Å². The maximum Gasteiger partial charge on any atom is 0.440 e. The molecule has 0 N–H and O–H groups in total. The minimum absolute atomic E-state index is 0.0994. The Morgan fingerprint density at radius 1 is 1.33 bits per heavy atom. The van der Waals surface area contributed by atoms with E-state index in [-0.39, 0.29) is 23.1 Å². The normalized spacial score (nSPS) is 11.3. The summed E-state index contributed by atoms with van der Waals surface area (Å²) in [6.07, 6.45) is 1.07. The summed E-state index contributed by atoms with van der Waals surface area (Å²) < 4.78 is 33.0. The fourth-order valence-electron chi connectivity index (χ4n) is 1.53. The van der Waals surface area contributed by atoms with E-state index in [1.54, 1.807) is 0 Å². The molecule has 1 aromatic carbocycles. The molecule has 0 aliphatic heterocycles. The first-order valence-electron chi connectivity index (χ1n) is 5.79. The van der Waals surface area contributed by atoms with Gasteiger partial charge in [-0.1, -0.05) is 0 Å². The molecule has 0 fully saturated rings. The predicted molar refractivity (Wildman–Crippen MR) is 70.5 cm³/mol. The Bertz CT molecular complexity index is 816. The standard InChI is InChI=1S/C12H12N2O6S/c1-8-13-14(12(16)20-8)7-19-11(15)9-3-5-10(6-4-9)21(2,17)18/h3-6H,7H2,1-2H3. The van der Waals surface area contributed by atoms with E-state index in [0.29, 0.717) is 0 Å². The van der Waals surface area contributed by atoms with E-state index in [0.717, 1.165) is 10.9 Å². The van der Waals surface area contributed by atoms with E-state index in [4.69, 9.17) is 4.74 Å². The average Bonchev–Trinajstić information content (AvgIpc) is 2.73. The van der Waals surface area contributed by atoms with E-state index in [2.05, 4.69) is 9.52 Å². The smallest absolute Gasteiger partial charge is 0.438 e. The number of sulfone groups is 1. The van der Waals surface area contributed by atoms with Crippen molar-refractivity contribution in [2.75, 3.05) is 6.26 Å². The maximum absolute atomic E-state index is 11.8. The van der Waals surface area contributed by atoms with Gasteiger partial charge in [-0.2, -0.15) is 4.68 Å². The summed E-state index contributed by atoms with van der Waals surface area (Å²) in [7, 11) is -3.32. The SMILES string of the molecule is Cc1nn(COC(=O)c2ccc(S(C)(=O)=O)cc2)c(=O)o1. The molecule has 0 spiro atoms. The minimum Gasteiger partial charge on any atom is -0.438 e. The molecule has 1 heterocycles. The van der Waals surface area contributed by atoms with Gasteiger partial charge in [0.25, 0.3) is 0 Å². The van der Waals surface area contributed by atoms with Crippen LogP contribution in [0.3, 0.4) is 0 Å². The molecule has 0 aliphatic rings. The van der Waals surface area contributed by atoms with Gasteiger partial charge in [-0.25, -0.2) is 18.0 Å². The molecular formula is C12H12N2O6S. The van der Waals surface area contributed by atoms with Crippen LogP contribution in [-0.4, -0.2) is 30.4 Å². The zero-order valence-corrected chi connectivity index (χ0v) is 12.1. The van der Waals surface area contributed by atoms with E-state index < -0.39 is 21.6 Å². The minimum atomic E-state index is -3.32. The van der Waals surface area contributed by atoms with Crippen LogP contribution in [-0.2, 0) is 21.3 Å². The molecule has 2 aromatic rings. The molecular weight excluding hydrogens is 300 g/mol. The summed E-state index contributed by atoms with van der Waals surface area (Å²) >= 11 is 0. The van der Waals surface area contributed by atoms with E-state index >= 15 is 0 Å². The zero-order chi connectivity index (χ0) is 15.6. The molecule has 0 bridgehead atoms. The Labute approximate surface area is 119 Å². The number of carbonyl (C=O) groups excluding carboxylic acids is 1. The van der Waals surface area contributed by atoms with Gasteiger partial charge in [0, 0.05) is 13.2 Å². The summed E-state index contributed by atoms with van der Waals surface area (Å²) in [5.74, 6) is -1.27. The Hall–Kier alpha value is -2.42. The lowest BCUT2D eigenvalue weighted by atomic mass is 10.2. The highest BCUT2D eigenvalue weighted by Gasteiger charge is 2.12. The number of carbonyl (C=O) groups is 1. The number of hydrogen-bond acceptors (Lipinski definition) is 7. The van der Waals surface area contributed by atoms with E-state index in [1.807, 2.05) is 0 Å². The van der Waals surface area contributed by atoms with Crippen molar-refractivity contribution in [3.05, 3.63) is 46.3 Å². The monoisotopic (exact) mass is 312 g/mol. The molecule has 0 radical (unpaired) electrons. The average molecular weight is 312 g/mol. The van der Waals surface area contributed by atoms with Gasteiger partial charge < -0.3 is 9.15 Å². The van der Waals surface area contributed by atoms with Crippen LogP contribution in [0.15, 0.2) is 38.4 Å². The van der Waals surface area contributed by atoms with Gasteiger partial charge in [-0.3, -0.25) is 0 Å². The number of benzene rings is 1. The fraction of sp³-hybridized carbons (Fsp3) is 0.250. The van der Waals surface area contributed by atoms with Gasteiger partial charge in [-0.15, -0.1) is 5.10 Å². The van der Waals surface area contributed by atoms with Crippen LogP contribution in [0.25, 0.3) is 0 Å². The molecule has 0 saturated carbocycles. The first-order chi connectivity index (χ1) is 9.77.